The summed E-state index contributed by atoms with van der Waals surface area (Å²) in [5.74, 6) is 3.41. The standard InChI is InChI=1S/C16H21NO2S/c1-16(2,3)14-8-17-15(19-14)11-20-10-13-6-4-12(9-18)5-7-13/h4-8,18H,9-11H2,1-3H3. The molecule has 0 radical (unpaired) electrons. The van der Waals surface area contributed by atoms with Crippen LogP contribution in [0.1, 0.15) is 43.5 Å². The lowest BCUT2D eigenvalue weighted by molar-refractivity contribution is 0.282. The van der Waals surface area contributed by atoms with Crippen molar-refractivity contribution in [2.45, 2.75) is 44.3 Å². The number of aliphatic hydroxyl groups is 1. The van der Waals surface area contributed by atoms with Crippen molar-refractivity contribution in [3.8, 4) is 0 Å². The number of oxazole rings is 1. The molecule has 20 heavy (non-hydrogen) atoms. The quantitative estimate of drug-likeness (QED) is 0.907. The van der Waals surface area contributed by atoms with Crippen molar-refractivity contribution in [1.29, 1.82) is 0 Å². The Morgan fingerprint density at radius 2 is 1.75 bits per heavy atom. The van der Waals surface area contributed by atoms with E-state index in [9.17, 15) is 0 Å². The van der Waals surface area contributed by atoms with Crippen LogP contribution in [0.5, 0.6) is 0 Å². The Labute approximate surface area is 124 Å². The minimum atomic E-state index is 0.00996. The highest BCUT2D eigenvalue weighted by Crippen LogP contribution is 2.25. The molecular weight excluding hydrogens is 270 g/mol. The van der Waals surface area contributed by atoms with E-state index in [1.54, 1.807) is 11.8 Å². The summed E-state index contributed by atoms with van der Waals surface area (Å²) in [5.41, 5.74) is 2.20. The van der Waals surface area contributed by atoms with Gasteiger partial charge in [-0.2, -0.15) is 0 Å². The second-order valence-electron chi connectivity index (χ2n) is 5.84. The molecule has 0 amide bonds. The van der Waals surface area contributed by atoms with Crippen LogP contribution in [-0.2, 0) is 23.5 Å². The van der Waals surface area contributed by atoms with E-state index in [1.807, 2.05) is 18.3 Å². The molecule has 0 aliphatic carbocycles. The Kier molecular flexibility index (Phi) is 4.89. The van der Waals surface area contributed by atoms with E-state index < -0.39 is 0 Å². The first-order chi connectivity index (χ1) is 9.49. The molecule has 0 unspecified atom stereocenters. The van der Waals surface area contributed by atoms with Crippen molar-refractivity contribution in [2.24, 2.45) is 0 Å². The molecular formula is C16H21NO2S. The number of hydrogen-bond donors (Lipinski definition) is 1. The molecule has 3 nitrogen and oxygen atoms in total. The molecule has 1 heterocycles. The third-order valence-corrected chi connectivity index (χ3v) is 3.98. The van der Waals surface area contributed by atoms with E-state index >= 15 is 0 Å². The van der Waals surface area contributed by atoms with Crippen molar-refractivity contribution < 1.29 is 9.52 Å². The van der Waals surface area contributed by atoms with Crippen LogP contribution in [-0.4, -0.2) is 10.1 Å². The Morgan fingerprint density at radius 3 is 2.30 bits per heavy atom. The molecule has 0 fully saturated rings. The highest BCUT2D eigenvalue weighted by atomic mass is 32.2. The molecule has 108 valence electrons. The van der Waals surface area contributed by atoms with Gasteiger partial charge < -0.3 is 9.52 Å². The lowest BCUT2D eigenvalue weighted by atomic mass is 9.94. The van der Waals surface area contributed by atoms with Crippen molar-refractivity contribution in [2.75, 3.05) is 0 Å². The molecule has 0 saturated heterocycles. The highest BCUT2D eigenvalue weighted by Gasteiger charge is 2.18. The van der Waals surface area contributed by atoms with Crippen LogP contribution in [0.3, 0.4) is 0 Å². The smallest absolute Gasteiger partial charge is 0.204 e. The minimum Gasteiger partial charge on any atom is -0.444 e. The van der Waals surface area contributed by atoms with Gasteiger partial charge in [0, 0.05) is 11.2 Å². The highest BCUT2D eigenvalue weighted by molar-refractivity contribution is 7.97. The zero-order valence-electron chi connectivity index (χ0n) is 12.2. The van der Waals surface area contributed by atoms with Gasteiger partial charge in [0.15, 0.2) is 0 Å². The normalized spacial score (nSPS) is 11.8. The van der Waals surface area contributed by atoms with Gasteiger partial charge in [-0.3, -0.25) is 0 Å². The molecule has 0 atom stereocenters. The number of aliphatic hydroxyl groups excluding tert-OH is 1. The fourth-order valence-electron chi connectivity index (χ4n) is 1.72. The zero-order valence-corrected chi connectivity index (χ0v) is 13.0. The molecule has 4 heteroatoms. The van der Waals surface area contributed by atoms with Crippen LogP contribution in [0, 0.1) is 0 Å². The predicted molar refractivity (Wildman–Crippen MR) is 82.6 cm³/mol. The third kappa shape index (κ3) is 4.12. The van der Waals surface area contributed by atoms with Crippen LogP contribution < -0.4 is 0 Å². The van der Waals surface area contributed by atoms with Gasteiger partial charge in [-0.05, 0) is 11.1 Å². The Balaban J connectivity index is 1.84. The molecule has 0 spiro atoms. The molecule has 0 aliphatic heterocycles. The Bertz CT molecular complexity index is 540. The molecule has 1 aromatic heterocycles. The average Bonchev–Trinajstić information content (AvgIpc) is 2.88. The summed E-state index contributed by atoms with van der Waals surface area (Å²) < 4.78 is 5.76. The number of nitrogens with zero attached hydrogens (tertiary/aromatic N) is 1. The van der Waals surface area contributed by atoms with E-state index in [0.717, 1.165) is 28.7 Å². The van der Waals surface area contributed by atoms with Crippen LogP contribution in [0.25, 0.3) is 0 Å². The lowest BCUT2D eigenvalue weighted by Crippen LogP contribution is -2.09. The topological polar surface area (TPSA) is 46.3 Å². The zero-order chi connectivity index (χ0) is 14.6. The summed E-state index contributed by atoms with van der Waals surface area (Å²) in [6.45, 7) is 6.45. The summed E-state index contributed by atoms with van der Waals surface area (Å²) in [6.07, 6.45) is 1.83. The second-order valence-corrected chi connectivity index (χ2v) is 6.82. The van der Waals surface area contributed by atoms with E-state index in [1.165, 1.54) is 5.56 Å². The second kappa shape index (κ2) is 6.46. The molecule has 0 saturated carbocycles. The largest absolute Gasteiger partial charge is 0.444 e. The van der Waals surface area contributed by atoms with E-state index in [2.05, 4.69) is 37.9 Å². The Morgan fingerprint density at radius 1 is 1.10 bits per heavy atom. The predicted octanol–water partition coefficient (Wildman–Crippen LogP) is 3.90. The first kappa shape index (κ1) is 15.1. The molecule has 0 bridgehead atoms. The van der Waals surface area contributed by atoms with Crippen molar-refractivity contribution in [3.05, 3.63) is 53.2 Å². The van der Waals surface area contributed by atoms with E-state index in [4.69, 9.17) is 9.52 Å². The van der Waals surface area contributed by atoms with Gasteiger partial charge in [-0.25, -0.2) is 4.98 Å². The fourth-order valence-corrected chi connectivity index (χ4v) is 2.56. The van der Waals surface area contributed by atoms with Gasteiger partial charge in [0.05, 0.1) is 18.6 Å². The number of thioether (sulfide) groups is 1. The number of aromatic nitrogens is 1. The number of hydrogen-bond acceptors (Lipinski definition) is 4. The summed E-state index contributed by atoms with van der Waals surface area (Å²) in [6, 6.07) is 8.01. The van der Waals surface area contributed by atoms with E-state index in [-0.39, 0.29) is 12.0 Å². The summed E-state index contributed by atoms with van der Waals surface area (Å²) in [7, 11) is 0. The van der Waals surface area contributed by atoms with Crippen molar-refractivity contribution >= 4 is 11.8 Å². The van der Waals surface area contributed by atoms with Gasteiger partial charge in [0.25, 0.3) is 0 Å². The number of rotatable bonds is 5. The molecule has 2 aromatic rings. The summed E-state index contributed by atoms with van der Waals surface area (Å²) in [5, 5.41) is 9.00. The number of benzene rings is 1. The average molecular weight is 291 g/mol. The molecule has 2 rings (SSSR count). The van der Waals surface area contributed by atoms with Crippen LogP contribution in [0.15, 0.2) is 34.9 Å². The third-order valence-electron chi connectivity index (χ3n) is 2.99. The maximum Gasteiger partial charge on any atom is 0.204 e. The first-order valence-corrected chi connectivity index (χ1v) is 7.86. The van der Waals surface area contributed by atoms with Gasteiger partial charge in [-0.1, -0.05) is 45.0 Å². The van der Waals surface area contributed by atoms with Gasteiger partial charge >= 0.3 is 0 Å². The van der Waals surface area contributed by atoms with Gasteiger partial charge in [-0.15, -0.1) is 11.8 Å². The molecule has 1 N–H and O–H groups in total. The molecule has 0 aliphatic rings. The monoisotopic (exact) mass is 291 g/mol. The lowest BCUT2D eigenvalue weighted by Gasteiger charge is -2.13. The van der Waals surface area contributed by atoms with Crippen LogP contribution >= 0.6 is 11.8 Å². The SMILES string of the molecule is CC(C)(C)c1cnc(CSCc2ccc(CO)cc2)o1. The Hall–Kier alpha value is -1.26. The van der Waals surface area contributed by atoms with Crippen molar-refractivity contribution in [3.63, 3.8) is 0 Å². The van der Waals surface area contributed by atoms with Crippen LogP contribution in [0.2, 0.25) is 0 Å². The maximum absolute atomic E-state index is 9.00. The summed E-state index contributed by atoms with van der Waals surface area (Å²) in [4.78, 5) is 4.32. The van der Waals surface area contributed by atoms with Crippen molar-refractivity contribution in [1.82, 2.24) is 4.98 Å². The minimum absolute atomic E-state index is 0.00996. The summed E-state index contributed by atoms with van der Waals surface area (Å²) >= 11 is 1.78. The van der Waals surface area contributed by atoms with E-state index in [0.29, 0.717) is 0 Å². The van der Waals surface area contributed by atoms with Gasteiger partial charge in [0.2, 0.25) is 5.89 Å². The first-order valence-electron chi connectivity index (χ1n) is 6.70. The maximum atomic E-state index is 9.00. The van der Waals surface area contributed by atoms with Gasteiger partial charge in [0.1, 0.15) is 5.76 Å². The fraction of sp³-hybridized carbons (Fsp3) is 0.438. The molecule has 1 aromatic carbocycles. The van der Waals surface area contributed by atoms with Crippen LogP contribution in [0.4, 0.5) is 0 Å².